The number of nitrogens with zero attached hydrogens (tertiary/aromatic N) is 4. The Kier molecular flexibility index (Phi) is 6.47. The number of nitriles is 1. The van der Waals surface area contributed by atoms with Gasteiger partial charge in [-0.15, -0.1) is 0 Å². The van der Waals surface area contributed by atoms with Crippen LogP contribution in [0.3, 0.4) is 0 Å². The number of halogens is 4. The van der Waals surface area contributed by atoms with Crippen molar-refractivity contribution in [1.82, 2.24) is 15.2 Å². The maximum Gasteiger partial charge on any atom is 0.417 e. The van der Waals surface area contributed by atoms with Crippen molar-refractivity contribution in [3.8, 4) is 17.7 Å². The van der Waals surface area contributed by atoms with Crippen molar-refractivity contribution in [2.75, 3.05) is 5.32 Å². The van der Waals surface area contributed by atoms with E-state index < -0.39 is 11.7 Å². The van der Waals surface area contributed by atoms with Gasteiger partial charge in [-0.05, 0) is 54.1 Å². The van der Waals surface area contributed by atoms with Crippen LogP contribution in [0, 0.1) is 11.3 Å². The third kappa shape index (κ3) is 5.51. The van der Waals surface area contributed by atoms with Gasteiger partial charge in [0.05, 0.1) is 5.56 Å². The molecule has 2 N–H and O–H groups in total. The molecule has 2 heterocycles. The van der Waals surface area contributed by atoms with Gasteiger partial charge in [0.1, 0.15) is 17.4 Å². The molecule has 0 bridgehead atoms. The Hall–Kier alpha value is -4.36. The predicted octanol–water partition coefficient (Wildman–Crippen LogP) is 6.64. The van der Waals surface area contributed by atoms with Crippen molar-refractivity contribution in [1.29, 1.82) is 5.26 Å². The second kappa shape index (κ2) is 9.64. The van der Waals surface area contributed by atoms with Crippen molar-refractivity contribution in [2.45, 2.75) is 6.18 Å². The molecule has 0 spiro atoms. The summed E-state index contributed by atoms with van der Waals surface area (Å²) in [6.45, 7) is 0. The predicted molar refractivity (Wildman–Crippen MR) is 121 cm³/mol. The lowest BCUT2D eigenvalue weighted by molar-refractivity contribution is -0.137. The molecule has 11 heteroatoms. The smallest absolute Gasteiger partial charge is 0.417 e. The largest absolute Gasteiger partial charge is 0.439 e. The van der Waals surface area contributed by atoms with Crippen LogP contribution in [0.5, 0.6) is 11.6 Å². The summed E-state index contributed by atoms with van der Waals surface area (Å²) in [6, 6.07) is 17.7. The Morgan fingerprint density at radius 1 is 1.12 bits per heavy atom. The summed E-state index contributed by atoms with van der Waals surface area (Å²) < 4.78 is 43.3. The van der Waals surface area contributed by atoms with E-state index in [2.05, 4.69) is 31.6 Å². The van der Waals surface area contributed by atoms with Crippen LogP contribution in [0.15, 0.2) is 71.9 Å². The Morgan fingerprint density at radius 3 is 2.56 bits per heavy atom. The van der Waals surface area contributed by atoms with Gasteiger partial charge in [0, 0.05) is 29.2 Å². The van der Waals surface area contributed by atoms with Gasteiger partial charge in [-0.1, -0.05) is 17.7 Å². The summed E-state index contributed by atoms with van der Waals surface area (Å²) in [5, 5.41) is 19.9. The molecular formula is C23H14ClF3N6O. The van der Waals surface area contributed by atoms with E-state index in [4.69, 9.17) is 16.3 Å². The fourth-order valence-electron chi connectivity index (χ4n) is 2.82. The zero-order chi connectivity index (χ0) is 24.1. The first-order valence-electron chi connectivity index (χ1n) is 9.68. The van der Waals surface area contributed by atoms with E-state index in [0.29, 0.717) is 34.0 Å². The monoisotopic (exact) mass is 482 g/mol. The lowest BCUT2D eigenvalue weighted by Gasteiger charge is -2.08. The molecule has 0 unspecified atom stereocenters. The van der Waals surface area contributed by atoms with Crippen LogP contribution in [0.4, 0.5) is 30.5 Å². The number of aromatic amines is 1. The molecule has 0 aliphatic carbocycles. The number of rotatable bonds is 6. The molecular weight excluding hydrogens is 469 g/mol. The lowest BCUT2D eigenvalue weighted by atomic mass is 10.2. The van der Waals surface area contributed by atoms with Crippen LogP contribution in [-0.2, 0) is 6.18 Å². The van der Waals surface area contributed by atoms with Gasteiger partial charge in [0.2, 0.25) is 5.88 Å². The molecule has 0 saturated carbocycles. The van der Waals surface area contributed by atoms with Crippen molar-refractivity contribution < 1.29 is 17.9 Å². The molecule has 0 fully saturated rings. The Labute approximate surface area is 196 Å². The molecule has 34 heavy (non-hydrogen) atoms. The third-order valence-electron chi connectivity index (χ3n) is 4.46. The van der Waals surface area contributed by atoms with Crippen molar-refractivity contribution >= 4 is 35.1 Å². The van der Waals surface area contributed by atoms with E-state index in [9.17, 15) is 18.4 Å². The van der Waals surface area contributed by atoms with E-state index in [1.54, 1.807) is 48.5 Å². The van der Waals surface area contributed by atoms with E-state index in [-0.39, 0.29) is 17.3 Å². The first-order chi connectivity index (χ1) is 16.3. The van der Waals surface area contributed by atoms with E-state index in [1.807, 2.05) is 0 Å². The Bertz CT molecular complexity index is 1360. The second-order valence-electron chi connectivity index (χ2n) is 6.86. The molecule has 0 amide bonds. The second-order valence-corrected chi connectivity index (χ2v) is 7.29. The van der Waals surface area contributed by atoms with Crippen molar-refractivity contribution in [2.24, 2.45) is 4.99 Å². The van der Waals surface area contributed by atoms with Gasteiger partial charge in [0.15, 0.2) is 11.6 Å². The maximum atomic E-state index is 12.6. The highest BCUT2D eigenvalue weighted by Gasteiger charge is 2.30. The number of pyridine rings is 1. The number of aliphatic imine (C=N–C) groups is 1. The van der Waals surface area contributed by atoms with Gasteiger partial charge in [-0.2, -0.15) is 23.5 Å². The van der Waals surface area contributed by atoms with Crippen molar-refractivity contribution in [3.05, 3.63) is 88.6 Å². The Morgan fingerprint density at radius 2 is 1.91 bits per heavy atom. The molecule has 2 aromatic carbocycles. The van der Waals surface area contributed by atoms with Crippen LogP contribution in [0.2, 0.25) is 5.02 Å². The van der Waals surface area contributed by atoms with Crippen LogP contribution in [0.1, 0.15) is 16.7 Å². The van der Waals surface area contributed by atoms with Crippen LogP contribution >= 0.6 is 11.6 Å². The summed E-state index contributed by atoms with van der Waals surface area (Å²) >= 11 is 5.98. The van der Waals surface area contributed by atoms with E-state index >= 15 is 0 Å². The highest BCUT2D eigenvalue weighted by molar-refractivity contribution is 6.30. The first kappa shape index (κ1) is 22.8. The average Bonchev–Trinajstić information content (AvgIpc) is 3.19. The van der Waals surface area contributed by atoms with Gasteiger partial charge in [0.25, 0.3) is 0 Å². The molecule has 4 aromatic rings. The number of anilines is 2. The summed E-state index contributed by atoms with van der Waals surface area (Å²) in [6.07, 6.45) is -2.22. The number of hydrogen-bond donors (Lipinski definition) is 2. The minimum absolute atomic E-state index is 0.0327. The summed E-state index contributed by atoms with van der Waals surface area (Å²) in [4.78, 5) is 7.95. The van der Waals surface area contributed by atoms with Gasteiger partial charge < -0.3 is 10.1 Å². The number of hydrogen-bond acceptors (Lipinski definition) is 6. The number of alkyl halides is 3. The lowest BCUT2D eigenvalue weighted by Crippen LogP contribution is -2.05. The van der Waals surface area contributed by atoms with Gasteiger partial charge >= 0.3 is 6.18 Å². The highest BCUT2D eigenvalue weighted by Crippen LogP contribution is 2.30. The van der Waals surface area contributed by atoms with Crippen molar-refractivity contribution in [3.63, 3.8) is 0 Å². The third-order valence-corrected chi connectivity index (χ3v) is 4.69. The first-order valence-corrected chi connectivity index (χ1v) is 10.1. The van der Waals surface area contributed by atoms with Crippen LogP contribution < -0.4 is 10.1 Å². The molecule has 2 aromatic heterocycles. The number of benzene rings is 2. The quantitative estimate of drug-likeness (QED) is 0.300. The normalized spacial score (nSPS) is 11.4. The fourth-order valence-corrected chi connectivity index (χ4v) is 3.01. The molecule has 0 atom stereocenters. The average molecular weight is 483 g/mol. The van der Waals surface area contributed by atoms with Gasteiger partial charge in [-0.3, -0.25) is 5.10 Å². The summed E-state index contributed by atoms with van der Waals surface area (Å²) in [7, 11) is 0. The topological polar surface area (TPSA) is 99.0 Å². The number of nitrogens with one attached hydrogen (secondary N) is 2. The minimum Gasteiger partial charge on any atom is -0.439 e. The number of aromatic nitrogens is 3. The zero-order valence-electron chi connectivity index (χ0n) is 17.1. The summed E-state index contributed by atoms with van der Waals surface area (Å²) in [5.41, 5.74) is 0.733. The molecule has 0 aliphatic heterocycles. The summed E-state index contributed by atoms with van der Waals surface area (Å²) in [5.74, 6) is 0.993. The number of H-pyrrole nitrogens is 1. The molecule has 170 valence electrons. The maximum absolute atomic E-state index is 12.6. The SMILES string of the molecule is N#Cc1c(Nc2cccc(Cl)c2)n[nH]c1/N=C/c1ccc(Oc2ccc(C(F)(F)F)cn2)cc1. The highest BCUT2D eigenvalue weighted by atomic mass is 35.5. The minimum atomic E-state index is -4.46. The fraction of sp³-hybridized carbons (Fsp3) is 0.0435. The van der Waals surface area contributed by atoms with E-state index in [1.165, 1.54) is 6.21 Å². The molecule has 0 saturated heterocycles. The number of ether oxygens (including phenoxy) is 1. The Balaban J connectivity index is 1.43. The standard InChI is InChI=1S/C23H14ClF3N6O/c24-16-2-1-3-17(10-16)31-22-19(11-28)21(32-33-22)30-12-14-4-7-18(8-5-14)34-20-9-6-15(13-29-20)23(25,26)27/h1-10,12-13H,(H2,31,32,33)/b30-12+. The molecule has 7 nitrogen and oxygen atoms in total. The molecule has 4 rings (SSSR count). The molecule has 0 radical (unpaired) electrons. The van der Waals surface area contributed by atoms with Crippen LogP contribution in [-0.4, -0.2) is 21.4 Å². The zero-order valence-corrected chi connectivity index (χ0v) is 17.9. The van der Waals surface area contributed by atoms with Crippen LogP contribution in [0.25, 0.3) is 0 Å². The van der Waals surface area contributed by atoms with Gasteiger partial charge in [-0.25, -0.2) is 9.98 Å². The van der Waals surface area contributed by atoms with E-state index in [0.717, 1.165) is 12.1 Å². The molecule has 0 aliphatic rings.